The molecule has 1 heterocycles. The van der Waals surface area contributed by atoms with Gasteiger partial charge in [-0.2, -0.15) is 0 Å². The Morgan fingerprint density at radius 3 is 2.69 bits per heavy atom. The van der Waals surface area contributed by atoms with Gasteiger partial charge in [-0.1, -0.05) is 5.10 Å². The van der Waals surface area contributed by atoms with E-state index in [0.29, 0.717) is 12.5 Å². The van der Waals surface area contributed by atoms with Crippen molar-refractivity contribution < 1.29 is 18.7 Å². The Bertz CT molecular complexity index is 375. The van der Waals surface area contributed by atoms with E-state index in [9.17, 15) is 9.59 Å². The Kier molecular flexibility index (Phi) is 4.43. The molecule has 7 nitrogen and oxygen atoms in total. The van der Waals surface area contributed by atoms with Crippen molar-refractivity contribution in [3.63, 3.8) is 0 Å². The summed E-state index contributed by atoms with van der Waals surface area (Å²) in [5.74, 6) is -0.406. The molecule has 0 radical (unpaired) electrons. The van der Waals surface area contributed by atoms with Gasteiger partial charge in [-0.05, 0) is 6.92 Å². The average Bonchev–Trinajstić information content (AvgIpc) is 2.61. The lowest BCUT2D eigenvalue weighted by Gasteiger charge is -2.01. The predicted molar refractivity (Wildman–Crippen MR) is 53.5 cm³/mol. The number of nitrogens with one attached hydrogen (secondary N) is 1. The molecule has 1 amide bonds. The van der Waals surface area contributed by atoms with Crippen molar-refractivity contribution in [2.45, 2.75) is 26.7 Å². The van der Waals surface area contributed by atoms with E-state index in [4.69, 9.17) is 4.42 Å². The summed E-state index contributed by atoms with van der Waals surface area (Å²) in [6.45, 7) is 3.63. The second-order valence-corrected chi connectivity index (χ2v) is 2.98. The average molecular weight is 227 g/mol. The molecule has 0 atom stereocenters. The van der Waals surface area contributed by atoms with Crippen LogP contribution in [0.2, 0.25) is 0 Å². The van der Waals surface area contributed by atoms with Crippen molar-refractivity contribution in [2.24, 2.45) is 0 Å². The number of esters is 1. The van der Waals surface area contributed by atoms with Gasteiger partial charge in [0.15, 0.2) is 0 Å². The lowest BCUT2D eigenvalue weighted by atomic mass is 10.3. The third kappa shape index (κ3) is 4.07. The van der Waals surface area contributed by atoms with Gasteiger partial charge in [0.2, 0.25) is 11.8 Å². The maximum absolute atomic E-state index is 11.3. The van der Waals surface area contributed by atoms with Crippen LogP contribution in [0, 0.1) is 6.92 Å². The summed E-state index contributed by atoms with van der Waals surface area (Å²) in [6.07, 6.45) is 0.0626. The number of aryl methyl sites for hydroxylation is 1. The summed E-state index contributed by atoms with van der Waals surface area (Å²) in [4.78, 5) is 22.2. The largest absolute Gasteiger partial charge is 0.466 e. The maximum atomic E-state index is 11.3. The highest BCUT2D eigenvalue weighted by Gasteiger charge is 2.10. The molecule has 16 heavy (non-hydrogen) atoms. The molecule has 0 aliphatic heterocycles. The maximum Gasteiger partial charge on any atom is 0.322 e. The smallest absolute Gasteiger partial charge is 0.322 e. The molecule has 0 saturated heterocycles. The van der Waals surface area contributed by atoms with Crippen LogP contribution >= 0.6 is 0 Å². The number of nitrogens with zero attached hydrogens (tertiary/aromatic N) is 2. The lowest BCUT2D eigenvalue weighted by molar-refractivity contribution is -0.144. The first-order valence-corrected chi connectivity index (χ1v) is 4.87. The highest BCUT2D eigenvalue weighted by Crippen LogP contribution is 2.05. The van der Waals surface area contributed by atoms with Crippen molar-refractivity contribution in [3.8, 4) is 0 Å². The first kappa shape index (κ1) is 12.2. The van der Waals surface area contributed by atoms with Crippen LogP contribution in [0.15, 0.2) is 4.42 Å². The zero-order valence-corrected chi connectivity index (χ0v) is 9.15. The molecular formula is C9H13N3O4. The summed E-state index contributed by atoms with van der Waals surface area (Å²) < 4.78 is 9.61. The van der Waals surface area contributed by atoms with E-state index in [1.807, 2.05) is 0 Å². The number of hydrogen-bond acceptors (Lipinski definition) is 6. The minimum Gasteiger partial charge on any atom is -0.466 e. The Labute approximate surface area is 92.2 Å². The van der Waals surface area contributed by atoms with Crippen LogP contribution in [0.25, 0.3) is 0 Å². The fraction of sp³-hybridized carbons (Fsp3) is 0.556. The molecule has 0 aromatic carbocycles. The first-order chi connectivity index (χ1) is 7.61. The van der Waals surface area contributed by atoms with Gasteiger partial charge in [0.25, 0.3) is 0 Å². The molecule has 0 fully saturated rings. The third-order valence-corrected chi connectivity index (χ3v) is 1.63. The molecule has 1 aromatic rings. The Morgan fingerprint density at radius 1 is 1.38 bits per heavy atom. The number of carbonyl (C=O) groups excluding carboxylic acids is 2. The van der Waals surface area contributed by atoms with Crippen molar-refractivity contribution in [3.05, 3.63) is 5.89 Å². The van der Waals surface area contributed by atoms with Crippen LogP contribution in [0.4, 0.5) is 6.01 Å². The SMILES string of the molecule is CCOC(=O)CCC(=O)Nc1nnc(C)o1. The standard InChI is InChI=1S/C9H13N3O4/c1-3-15-8(14)5-4-7(13)10-9-12-11-6(2)16-9/h3-5H2,1-2H3,(H,10,12,13). The summed E-state index contributed by atoms with van der Waals surface area (Å²) in [5, 5.41) is 9.50. The molecule has 1 N–H and O–H groups in total. The van der Waals surface area contributed by atoms with Gasteiger partial charge in [0, 0.05) is 13.3 Å². The topological polar surface area (TPSA) is 94.3 Å². The number of anilines is 1. The minimum atomic E-state index is -0.403. The van der Waals surface area contributed by atoms with Gasteiger partial charge in [0.1, 0.15) is 0 Å². The number of ether oxygens (including phenoxy) is 1. The fourth-order valence-electron chi connectivity index (χ4n) is 0.978. The molecule has 0 spiro atoms. The number of amides is 1. The van der Waals surface area contributed by atoms with Crippen molar-refractivity contribution in [1.82, 2.24) is 10.2 Å². The Hall–Kier alpha value is -1.92. The number of hydrogen-bond donors (Lipinski definition) is 1. The summed E-state index contributed by atoms with van der Waals surface area (Å²) in [7, 11) is 0. The molecular weight excluding hydrogens is 214 g/mol. The zero-order chi connectivity index (χ0) is 12.0. The molecule has 0 aliphatic rings. The monoisotopic (exact) mass is 227 g/mol. The van der Waals surface area contributed by atoms with E-state index in [1.165, 1.54) is 0 Å². The van der Waals surface area contributed by atoms with E-state index < -0.39 is 5.97 Å². The van der Waals surface area contributed by atoms with Gasteiger partial charge < -0.3 is 9.15 Å². The molecule has 0 unspecified atom stereocenters. The van der Waals surface area contributed by atoms with Crippen LogP contribution in [0.5, 0.6) is 0 Å². The molecule has 0 aliphatic carbocycles. The molecule has 0 bridgehead atoms. The van der Waals surface area contributed by atoms with E-state index in [-0.39, 0.29) is 24.8 Å². The molecule has 7 heteroatoms. The van der Waals surface area contributed by atoms with E-state index >= 15 is 0 Å². The Morgan fingerprint density at radius 2 is 2.12 bits per heavy atom. The number of carbonyl (C=O) groups is 2. The summed E-state index contributed by atoms with van der Waals surface area (Å²) in [5.41, 5.74) is 0. The predicted octanol–water partition coefficient (Wildman–Crippen LogP) is 0.660. The third-order valence-electron chi connectivity index (χ3n) is 1.63. The molecule has 88 valence electrons. The van der Waals surface area contributed by atoms with Gasteiger partial charge in [-0.3, -0.25) is 14.9 Å². The van der Waals surface area contributed by atoms with Gasteiger partial charge in [-0.15, -0.1) is 5.10 Å². The van der Waals surface area contributed by atoms with Crippen LogP contribution < -0.4 is 5.32 Å². The molecule has 0 saturated carbocycles. The fourth-order valence-corrected chi connectivity index (χ4v) is 0.978. The van der Waals surface area contributed by atoms with Crippen molar-refractivity contribution >= 4 is 17.9 Å². The second-order valence-electron chi connectivity index (χ2n) is 2.98. The van der Waals surface area contributed by atoms with E-state index in [2.05, 4.69) is 20.3 Å². The quantitative estimate of drug-likeness (QED) is 0.742. The van der Waals surface area contributed by atoms with Crippen LogP contribution in [-0.2, 0) is 14.3 Å². The zero-order valence-electron chi connectivity index (χ0n) is 9.15. The normalized spacial score (nSPS) is 9.88. The van der Waals surface area contributed by atoms with Crippen LogP contribution in [-0.4, -0.2) is 28.7 Å². The van der Waals surface area contributed by atoms with E-state index in [0.717, 1.165) is 0 Å². The van der Waals surface area contributed by atoms with Gasteiger partial charge >= 0.3 is 12.0 Å². The summed E-state index contributed by atoms with van der Waals surface area (Å²) in [6, 6.07) is 0.0337. The molecule has 1 aromatic heterocycles. The first-order valence-electron chi connectivity index (χ1n) is 4.87. The van der Waals surface area contributed by atoms with Crippen molar-refractivity contribution in [1.29, 1.82) is 0 Å². The lowest BCUT2D eigenvalue weighted by Crippen LogP contribution is -2.14. The second kappa shape index (κ2) is 5.84. The van der Waals surface area contributed by atoms with Gasteiger partial charge in [0.05, 0.1) is 13.0 Å². The summed E-state index contributed by atoms with van der Waals surface area (Å²) >= 11 is 0. The number of aromatic nitrogens is 2. The highest BCUT2D eigenvalue weighted by atomic mass is 16.5. The minimum absolute atomic E-state index is 0.0280. The highest BCUT2D eigenvalue weighted by molar-refractivity contribution is 5.90. The van der Waals surface area contributed by atoms with E-state index in [1.54, 1.807) is 13.8 Å². The van der Waals surface area contributed by atoms with Gasteiger partial charge in [-0.25, -0.2) is 0 Å². The molecule has 1 rings (SSSR count). The van der Waals surface area contributed by atoms with Crippen LogP contribution in [0.3, 0.4) is 0 Å². The number of rotatable bonds is 5. The van der Waals surface area contributed by atoms with Crippen LogP contribution in [0.1, 0.15) is 25.7 Å². The Balaban J connectivity index is 2.28. The van der Waals surface area contributed by atoms with Crippen molar-refractivity contribution in [2.75, 3.05) is 11.9 Å².